The molecule has 0 saturated heterocycles. The average Bonchev–Trinajstić information content (AvgIpc) is 2.89. The number of methoxy groups -OCH3 is 2. The van der Waals surface area contributed by atoms with Crippen LogP contribution in [0.15, 0.2) is 57.6 Å². The Morgan fingerprint density at radius 3 is 2.56 bits per heavy atom. The molecule has 0 spiro atoms. The highest BCUT2D eigenvalue weighted by Crippen LogP contribution is 2.34. The smallest absolute Gasteiger partial charge is 0.280 e. The van der Waals surface area contributed by atoms with Crippen molar-refractivity contribution in [3.05, 3.63) is 58.1 Å². The van der Waals surface area contributed by atoms with Crippen molar-refractivity contribution in [1.82, 2.24) is 0 Å². The molecule has 0 atom stereocenters. The first kappa shape index (κ1) is 17.2. The normalized spacial score (nSPS) is 15.5. The van der Waals surface area contributed by atoms with Gasteiger partial charge in [-0.1, -0.05) is 34.1 Å². The predicted octanol–water partition coefficient (Wildman–Crippen LogP) is 4.27. The third kappa shape index (κ3) is 3.30. The van der Waals surface area contributed by atoms with E-state index in [1.165, 1.54) is 5.01 Å². The molecule has 0 saturated carbocycles. The number of carbonyl (C=O) groups is 1. The SMILES string of the molecule is COc1cccc(/C=C2/C(=O)N(c3cccc(Br)c3)N=C2C)c1OC. The Bertz CT molecular complexity index is 890. The lowest BCUT2D eigenvalue weighted by molar-refractivity contribution is -0.114. The summed E-state index contributed by atoms with van der Waals surface area (Å²) in [6.45, 7) is 1.81. The standard InChI is InChI=1S/C19H17BrN2O3/c1-12-16(10-13-6-4-9-17(24-2)18(13)25-3)19(23)22(21-12)15-8-5-7-14(20)11-15/h4-11H,1-3H3/b16-10+. The van der Waals surface area contributed by atoms with E-state index in [-0.39, 0.29) is 5.91 Å². The number of nitrogens with zero attached hydrogens (tertiary/aromatic N) is 2. The fraction of sp³-hybridized carbons (Fsp3) is 0.158. The van der Waals surface area contributed by atoms with E-state index in [4.69, 9.17) is 9.47 Å². The second-order valence-electron chi connectivity index (χ2n) is 5.42. The largest absolute Gasteiger partial charge is 0.493 e. The van der Waals surface area contributed by atoms with E-state index >= 15 is 0 Å². The minimum absolute atomic E-state index is 0.180. The summed E-state index contributed by atoms with van der Waals surface area (Å²) in [5, 5.41) is 5.80. The highest BCUT2D eigenvalue weighted by Gasteiger charge is 2.29. The van der Waals surface area contributed by atoms with Crippen LogP contribution < -0.4 is 14.5 Å². The number of carbonyl (C=O) groups excluding carboxylic acids is 1. The number of amides is 1. The fourth-order valence-corrected chi connectivity index (χ4v) is 3.04. The van der Waals surface area contributed by atoms with Gasteiger partial charge in [-0.2, -0.15) is 10.1 Å². The van der Waals surface area contributed by atoms with Gasteiger partial charge in [0, 0.05) is 10.0 Å². The number of benzene rings is 2. The fourth-order valence-electron chi connectivity index (χ4n) is 2.65. The van der Waals surface area contributed by atoms with Crippen LogP contribution in [0.5, 0.6) is 11.5 Å². The molecule has 3 rings (SSSR count). The van der Waals surface area contributed by atoms with Gasteiger partial charge in [-0.05, 0) is 37.3 Å². The topological polar surface area (TPSA) is 51.1 Å². The summed E-state index contributed by atoms with van der Waals surface area (Å²) in [7, 11) is 3.16. The van der Waals surface area contributed by atoms with Crippen LogP contribution in [-0.2, 0) is 4.79 Å². The molecule has 128 valence electrons. The number of hydrogen-bond acceptors (Lipinski definition) is 4. The average molecular weight is 401 g/mol. The molecule has 0 fully saturated rings. The number of rotatable bonds is 4. The van der Waals surface area contributed by atoms with Crippen molar-refractivity contribution in [3.63, 3.8) is 0 Å². The molecule has 2 aromatic carbocycles. The zero-order chi connectivity index (χ0) is 18.0. The van der Waals surface area contributed by atoms with Gasteiger partial charge in [0.05, 0.1) is 31.2 Å². The highest BCUT2D eigenvalue weighted by molar-refractivity contribution is 9.10. The molecule has 0 N–H and O–H groups in total. The number of halogens is 1. The molecular weight excluding hydrogens is 384 g/mol. The summed E-state index contributed by atoms with van der Waals surface area (Å²) < 4.78 is 11.6. The second kappa shape index (κ2) is 7.11. The van der Waals surface area contributed by atoms with E-state index in [9.17, 15) is 4.79 Å². The Morgan fingerprint density at radius 2 is 1.88 bits per heavy atom. The van der Waals surface area contributed by atoms with Crippen LogP contribution in [0.25, 0.3) is 6.08 Å². The van der Waals surface area contributed by atoms with Crippen LogP contribution in [0.3, 0.4) is 0 Å². The maximum Gasteiger partial charge on any atom is 0.280 e. The summed E-state index contributed by atoms with van der Waals surface area (Å²) >= 11 is 3.42. The first-order chi connectivity index (χ1) is 12.0. The Kier molecular flexibility index (Phi) is 4.90. The number of para-hydroxylation sites is 1. The van der Waals surface area contributed by atoms with Crippen molar-refractivity contribution in [2.45, 2.75) is 6.92 Å². The molecule has 1 aliphatic rings. The van der Waals surface area contributed by atoms with Gasteiger partial charge in [0.25, 0.3) is 5.91 Å². The Hall–Kier alpha value is -2.60. The number of hydrogen-bond donors (Lipinski definition) is 0. The molecule has 2 aromatic rings. The third-order valence-electron chi connectivity index (χ3n) is 3.85. The van der Waals surface area contributed by atoms with Crippen molar-refractivity contribution in [3.8, 4) is 11.5 Å². The number of anilines is 1. The van der Waals surface area contributed by atoms with Crippen molar-refractivity contribution >= 4 is 39.3 Å². The van der Waals surface area contributed by atoms with Crippen LogP contribution >= 0.6 is 15.9 Å². The lowest BCUT2D eigenvalue weighted by atomic mass is 10.1. The molecule has 1 amide bonds. The van der Waals surface area contributed by atoms with E-state index in [0.29, 0.717) is 28.5 Å². The van der Waals surface area contributed by atoms with Gasteiger partial charge in [-0.25, -0.2) is 0 Å². The van der Waals surface area contributed by atoms with E-state index in [1.807, 2.05) is 49.4 Å². The number of hydrazone groups is 1. The molecule has 1 heterocycles. The highest BCUT2D eigenvalue weighted by atomic mass is 79.9. The summed E-state index contributed by atoms with van der Waals surface area (Å²) in [4.78, 5) is 12.8. The third-order valence-corrected chi connectivity index (χ3v) is 4.34. The van der Waals surface area contributed by atoms with Crippen LogP contribution in [0.4, 0.5) is 5.69 Å². The van der Waals surface area contributed by atoms with Crippen molar-refractivity contribution in [2.24, 2.45) is 5.10 Å². The quantitative estimate of drug-likeness (QED) is 0.719. The number of ether oxygens (including phenoxy) is 2. The molecule has 25 heavy (non-hydrogen) atoms. The van der Waals surface area contributed by atoms with Crippen LogP contribution in [0.1, 0.15) is 12.5 Å². The van der Waals surface area contributed by atoms with Crippen molar-refractivity contribution in [2.75, 3.05) is 19.2 Å². The summed E-state index contributed by atoms with van der Waals surface area (Å²) in [5.41, 5.74) is 2.64. The molecule has 1 aliphatic heterocycles. The Balaban J connectivity index is 2.01. The molecular formula is C19H17BrN2O3. The molecule has 0 radical (unpaired) electrons. The Morgan fingerprint density at radius 1 is 1.12 bits per heavy atom. The molecule has 0 aromatic heterocycles. The van der Waals surface area contributed by atoms with Gasteiger partial charge < -0.3 is 9.47 Å². The minimum Gasteiger partial charge on any atom is -0.493 e. The molecule has 0 unspecified atom stereocenters. The van der Waals surface area contributed by atoms with E-state index in [2.05, 4.69) is 21.0 Å². The van der Waals surface area contributed by atoms with Crippen LogP contribution in [0.2, 0.25) is 0 Å². The lowest BCUT2D eigenvalue weighted by Crippen LogP contribution is -2.21. The predicted molar refractivity (Wildman–Crippen MR) is 102 cm³/mol. The Labute approximate surface area is 154 Å². The summed E-state index contributed by atoms with van der Waals surface area (Å²) in [6.07, 6.45) is 1.78. The van der Waals surface area contributed by atoms with Crippen LogP contribution in [0, 0.1) is 0 Å². The maximum atomic E-state index is 12.8. The zero-order valence-electron chi connectivity index (χ0n) is 14.1. The van der Waals surface area contributed by atoms with E-state index in [0.717, 1.165) is 10.0 Å². The first-order valence-electron chi connectivity index (χ1n) is 7.63. The summed E-state index contributed by atoms with van der Waals surface area (Å²) in [5.74, 6) is 1.01. The lowest BCUT2D eigenvalue weighted by Gasteiger charge is -2.12. The maximum absolute atomic E-state index is 12.8. The first-order valence-corrected chi connectivity index (χ1v) is 8.42. The van der Waals surface area contributed by atoms with Gasteiger partial charge in [-0.3, -0.25) is 4.79 Å². The van der Waals surface area contributed by atoms with E-state index in [1.54, 1.807) is 20.3 Å². The van der Waals surface area contributed by atoms with Crippen LogP contribution in [-0.4, -0.2) is 25.8 Å². The molecule has 5 nitrogen and oxygen atoms in total. The molecule has 0 bridgehead atoms. The molecule has 6 heteroatoms. The van der Waals surface area contributed by atoms with Gasteiger partial charge in [0.1, 0.15) is 0 Å². The van der Waals surface area contributed by atoms with Crippen molar-refractivity contribution in [1.29, 1.82) is 0 Å². The minimum atomic E-state index is -0.180. The van der Waals surface area contributed by atoms with E-state index < -0.39 is 0 Å². The second-order valence-corrected chi connectivity index (χ2v) is 6.34. The monoisotopic (exact) mass is 400 g/mol. The van der Waals surface area contributed by atoms with Gasteiger partial charge in [-0.15, -0.1) is 0 Å². The van der Waals surface area contributed by atoms with Crippen molar-refractivity contribution < 1.29 is 14.3 Å². The van der Waals surface area contributed by atoms with Gasteiger partial charge in [0.15, 0.2) is 11.5 Å². The molecule has 0 aliphatic carbocycles. The van der Waals surface area contributed by atoms with Gasteiger partial charge >= 0.3 is 0 Å². The van der Waals surface area contributed by atoms with Gasteiger partial charge in [0.2, 0.25) is 0 Å². The zero-order valence-corrected chi connectivity index (χ0v) is 15.7. The summed E-state index contributed by atoms with van der Waals surface area (Å²) in [6, 6.07) is 13.0.